The van der Waals surface area contributed by atoms with Gasteiger partial charge in [0, 0.05) is 36.1 Å². The number of hydrogen-bond acceptors (Lipinski definition) is 3. The highest BCUT2D eigenvalue weighted by Crippen LogP contribution is 2.31. The van der Waals surface area contributed by atoms with Crippen molar-refractivity contribution in [2.45, 2.75) is 26.2 Å². The van der Waals surface area contributed by atoms with Crippen molar-refractivity contribution in [3.05, 3.63) is 59.8 Å². The number of nitrogens with zero attached hydrogens (tertiary/aromatic N) is 5. The Labute approximate surface area is 141 Å². The van der Waals surface area contributed by atoms with Gasteiger partial charge in [0.05, 0.1) is 12.3 Å². The van der Waals surface area contributed by atoms with Crippen molar-refractivity contribution in [3.63, 3.8) is 0 Å². The van der Waals surface area contributed by atoms with Gasteiger partial charge in [0.25, 0.3) is 0 Å². The number of aromatic nitrogens is 4. The number of rotatable bonds is 2. The molecule has 0 aliphatic rings. The summed E-state index contributed by atoms with van der Waals surface area (Å²) in [5.41, 5.74) is 4.00. The number of benzene rings is 1. The molecule has 0 aliphatic heterocycles. The predicted molar refractivity (Wildman–Crippen MR) is 94.6 cm³/mol. The van der Waals surface area contributed by atoms with E-state index in [1.807, 2.05) is 37.4 Å². The minimum atomic E-state index is -0.0342. The average Bonchev–Trinajstić information content (AvgIpc) is 2.95. The maximum Gasteiger partial charge on any atom is 0.232 e. The third kappa shape index (κ3) is 3.04. The first-order valence-corrected chi connectivity index (χ1v) is 7.74. The highest BCUT2D eigenvalue weighted by atomic mass is 15.3. The highest BCUT2D eigenvalue weighted by Gasteiger charge is 2.17. The molecule has 120 valence electrons. The Hall–Kier alpha value is -3.00. The predicted octanol–water partition coefficient (Wildman–Crippen LogP) is 4.39. The van der Waals surface area contributed by atoms with Crippen molar-refractivity contribution in [1.29, 1.82) is 0 Å². The second kappa shape index (κ2) is 5.89. The van der Waals surface area contributed by atoms with Gasteiger partial charge >= 0.3 is 0 Å². The van der Waals surface area contributed by atoms with Crippen LogP contribution in [0.5, 0.6) is 0 Å². The van der Waals surface area contributed by atoms with E-state index in [0.717, 1.165) is 16.8 Å². The van der Waals surface area contributed by atoms with Crippen molar-refractivity contribution < 1.29 is 0 Å². The van der Waals surface area contributed by atoms with Crippen LogP contribution in [0.1, 0.15) is 26.5 Å². The molecule has 0 radical (unpaired) electrons. The minimum Gasteiger partial charge on any atom is -0.287 e. The van der Waals surface area contributed by atoms with Crippen molar-refractivity contribution in [1.82, 2.24) is 19.7 Å². The normalized spacial score (nSPS) is 11.3. The Kier molecular flexibility index (Phi) is 3.90. The zero-order valence-corrected chi connectivity index (χ0v) is 14.3. The van der Waals surface area contributed by atoms with Gasteiger partial charge in [-0.2, -0.15) is 5.10 Å². The molecule has 0 amide bonds. The van der Waals surface area contributed by atoms with E-state index < -0.39 is 0 Å². The summed E-state index contributed by atoms with van der Waals surface area (Å²) in [6.07, 6.45) is 3.52. The Morgan fingerprint density at radius 2 is 1.88 bits per heavy atom. The van der Waals surface area contributed by atoms with Crippen LogP contribution in [0, 0.1) is 6.57 Å². The van der Waals surface area contributed by atoms with E-state index in [1.54, 1.807) is 17.1 Å². The van der Waals surface area contributed by atoms with Gasteiger partial charge in [-0.1, -0.05) is 39.0 Å². The summed E-state index contributed by atoms with van der Waals surface area (Å²) in [7, 11) is 1.82. The molecule has 0 saturated carbocycles. The van der Waals surface area contributed by atoms with E-state index in [2.05, 4.69) is 35.7 Å². The summed E-state index contributed by atoms with van der Waals surface area (Å²) in [4.78, 5) is 12.7. The topological polar surface area (TPSA) is 48.0 Å². The van der Waals surface area contributed by atoms with Crippen molar-refractivity contribution >= 4 is 5.69 Å². The molecule has 0 spiro atoms. The maximum absolute atomic E-state index is 7.31. The third-order valence-corrected chi connectivity index (χ3v) is 3.75. The molecule has 0 N–H and O–H groups in total. The van der Waals surface area contributed by atoms with Gasteiger partial charge in [-0.3, -0.25) is 4.68 Å². The van der Waals surface area contributed by atoms with E-state index in [9.17, 15) is 0 Å². The summed E-state index contributed by atoms with van der Waals surface area (Å²) in [5.74, 6) is 0.685. The number of aryl methyl sites for hydroxylation is 1. The molecule has 5 heteroatoms. The van der Waals surface area contributed by atoms with Crippen molar-refractivity contribution in [3.8, 4) is 22.6 Å². The molecule has 0 aliphatic carbocycles. The van der Waals surface area contributed by atoms with Crippen LogP contribution in [0.25, 0.3) is 27.5 Å². The summed E-state index contributed by atoms with van der Waals surface area (Å²) < 4.78 is 1.66. The molecule has 5 nitrogen and oxygen atoms in total. The van der Waals surface area contributed by atoms with E-state index in [0.29, 0.717) is 17.2 Å². The Morgan fingerprint density at radius 1 is 1.12 bits per heavy atom. The van der Waals surface area contributed by atoms with Gasteiger partial charge in [0.2, 0.25) is 5.69 Å². The van der Waals surface area contributed by atoms with Gasteiger partial charge < -0.3 is 0 Å². The van der Waals surface area contributed by atoms with Gasteiger partial charge in [-0.15, -0.1) is 0 Å². The molecule has 1 aromatic carbocycles. The lowest BCUT2D eigenvalue weighted by Gasteiger charge is -2.17. The van der Waals surface area contributed by atoms with Crippen LogP contribution >= 0.6 is 0 Å². The second-order valence-corrected chi connectivity index (χ2v) is 6.74. The molecular weight excluding hydrogens is 298 g/mol. The summed E-state index contributed by atoms with van der Waals surface area (Å²) >= 11 is 0. The van der Waals surface area contributed by atoms with Gasteiger partial charge in [0.1, 0.15) is 0 Å². The highest BCUT2D eigenvalue weighted by molar-refractivity contribution is 5.77. The Morgan fingerprint density at radius 3 is 2.58 bits per heavy atom. The number of hydrogen-bond donors (Lipinski definition) is 0. The fourth-order valence-corrected chi connectivity index (χ4v) is 2.48. The molecule has 2 heterocycles. The first-order chi connectivity index (χ1) is 11.4. The zero-order chi connectivity index (χ0) is 17.3. The second-order valence-electron chi connectivity index (χ2n) is 6.74. The van der Waals surface area contributed by atoms with Crippen molar-refractivity contribution in [2.75, 3.05) is 0 Å². The maximum atomic E-state index is 7.31. The van der Waals surface area contributed by atoms with Gasteiger partial charge in [0.15, 0.2) is 5.82 Å². The van der Waals surface area contributed by atoms with Crippen LogP contribution in [-0.4, -0.2) is 19.7 Å². The smallest absolute Gasteiger partial charge is 0.232 e. The van der Waals surface area contributed by atoms with E-state index in [1.165, 1.54) is 0 Å². The molecule has 0 unspecified atom stereocenters. The van der Waals surface area contributed by atoms with Crippen LogP contribution in [0.3, 0.4) is 0 Å². The quantitative estimate of drug-likeness (QED) is 0.658. The molecule has 0 bridgehead atoms. The van der Waals surface area contributed by atoms with E-state index >= 15 is 0 Å². The van der Waals surface area contributed by atoms with Gasteiger partial charge in [-0.05, 0) is 17.7 Å². The van der Waals surface area contributed by atoms with Gasteiger partial charge in [-0.25, -0.2) is 14.8 Å². The summed E-state index contributed by atoms with van der Waals surface area (Å²) in [5, 5.41) is 4.41. The molecule has 3 rings (SSSR count). The molecule has 24 heavy (non-hydrogen) atoms. The van der Waals surface area contributed by atoms with E-state index in [4.69, 9.17) is 11.6 Å². The fourth-order valence-electron chi connectivity index (χ4n) is 2.48. The van der Waals surface area contributed by atoms with Crippen LogP contribution in [-0.2, 0) is 12.5 Å². The lowest BCUT2D eigenvalue weighted by Crippen LogP contribution is -2.14. The minimum absolute atomic E-state index is 0.0342. The third-order valence-electron chi connectivity index (χ3n) is 3.75. The van der Waals surface area contributed by atoms with Crippen LogP contribution in [0.2, 0.25) is 0 Å². The lowest BCUT2D eigenvalue weighted by molar-refractivity contribution is 0.568. The molecule has 0 fully saturated rings. The Bertz CT molecular complexity index is 925. The first-order valence-electron chi connectivity index (χ1n) is 7.74. The van der Waals surface area contributed by atoms with Crippen LogP contribution in [0.15, 0.2) is 42.7 Å². The van der Waals surface area contributed by atoms with Crippen LogP contribution < -0.4 is 0 Å². The molecule has 3 aromatic rings. The zero-order valence-electron chi connectivity index (χ0n) is 14.3. The standard InChI is InChI=1S/C19H19N5/c1-19(2,3)16-9-10-21-18(22-16)14-8-6-7-13(11-14)17-15(20-4)12-24(5)23-17/h6-12H,1-3,5H3. The lowest BCUT2D eigenvalue weighted by atomic mass is 9.92. The monoisotopic (exact) mass is 317 g/mol. The van der Waals surface area contributed by atoms with E-state index in [-0.39, 0.29) is 5.41 Å². The SMILES string of the molecule is [C-]#[N+]c1cn(C)nc1-c1cccc(-c2nccc(C(C)(C)C)n2)c1. The van der Waals surface area contributed by atoms with Crippen LogP contribution in [0.4, 0.5) is 5.69 Å². The summed E-state index contributed by atoms with van der Waals surface area (Å²) in [6.45, 7) is 13.7. The molecule has 2 aromatic heterocycles. The average molecular weight is 317 g/mol. The summed E-state index contributed by atoms with van der Waals surface area (Å²) in [6, 6.07) is 9.81. The molecule has 0 saturated heterocycles. The molecular formula is C19H19N5. The fraction of sp³-hybridized carbons (Fsp3) is 0.263. The molecule has 0 atom stereocenters. The first kappa shape index (κ1) is 15.9. The Balaban J connectivity index is 2.07. The largest absolute Gasteiger partial charge is 0.287 e. The van der Waals surface area contributed by atoms with Crippen molar-refractivity contribution in [2.24, 2.45) is 7.05 Å².